The largest absolute Gasteiger partial charge is 0.472 e. The Morgan fingerprint density at radius 3 is 0.676 bits per heavy atom. The molecular formula is C86H168O17P2. The third kappa shape index (κ3) is 78.5. The summed E-state index contributed by atoms with van der Waals surface area (Å²) in [6.45, 7) is 14.3. The third-order valence-electron chi connectivity index (χ3n) is 20.4. The lowest BCUT2D eigenvalue weighted by atomic mass is 9.99. The van der Waals surface area contributed by atoms with Crippen LogP contribution in [0.1, 0.15) is 447 Å². The predicted molar refractivity (Wildman–Crippen MR) is 432 cm³/mol. The molecular weight excluding hydrogens is 1370 g/mol. The highest BCUT2D eigenvalue weighted by Crippen LogP contribution is 2.45. The van der Waals surface area contributed by atoms with Crippen molar-refractivity contribution in [2.75, 3.05) is 39.6 Å². The maximum Gasteiger partial charge on any atom is 0.472 e. The number of phosphoric ester groups is 2. The first kappa shape index (κ1) is 103. The molecule has 0 spiro atoms. The number of phosphoric acid groups is 2. The summed E-state index contributed by atoms with van der Waals surface area (Å²) >= 11 is 0. The lowest BCUT2D eigenvalue weighted by Crippen LogP contribution is -2.30. The number of carbonyl (C=O) groups excluding carboxylic acids is 4. The van der Waals surface area contributed by atoms with Crippen LogP contribution in [0.3, 0.4) is 0 Å². The minimum absolute atomic E-state index is 0.107. The fourth-order valence-corrected chi connectivity index (χ4v) is 14.9. The second-order valence-corrected chi connectivity index (χ2v) is 35.5. The molecule has 0 heterocycles. The zero-order valence-electron chi connectivity index (χ0n) is 69.4. The summed E-state index contributed by atoms with van der Waals surface area (Å²) in [6, 6.07) is 0. The Bertz CT molecular complexity index is 2040. The predicted octanol–water partition coefficient (Wildman–Crippen LogP) is 25.9. The van der Waals surface area contributed by atoms with Crippen molar-refractivity contribution in [1.29, 1.82) is 0 Å². The van der Waals surface area contributed by atoms with Crippen LogP contribution in [0.5, 0.6) is 0 Å². The smallest absolute Gasteiger partial charge is 0.462 e. The highest BCUT2D eigenvalue weighted by atomic mass is 31.2. The molecule has 105 heavy (non-hydrogen) atoms. The number of hydrogen-bond donors (Lipinski definition) is 3. The lowest BCUT2D eigenvalue weighted by molar-refractivity contribution is -0.161. The van der Waals surface area contributed by atoms with Crippen LogP contribution < -0.4 is 0 Å². The van der Waals surface area contributed by atoms with Crippen LogP contribution in [0.4, 0.5) is 0 Å². The highest BCUT2D eigenvalue weighted by molar-refractivity contribution is 7.47. The molecule has 0 aromatic rings. The third-order valence-corrected chi connectivity index (χ3v) is 22.3. The molecule has 0 amide bonds. The van der Waals surface area contributed by atoms with Gasteiger partial charge in [0.25, 0.3) is 0 Å². The van der Waals surface area contributed by atoms with Gasteiger partial charge in [0.15, 0.2) is 12.2 Å². The number of ether oxygens (including phenoxy) is 4. The van der Waals surface area contributed by atoms with E-state index in [-0.39, 0.29) is 25.7 Å². The first-order valence-electron chi connectivity index (χ1n) is 44.2. The van der Waals surface area contributed by atoms with Gasteiger partial charge in [0.1, 0.15) is 19.3 Å². The molecule has 0 rings (SSSR count). The van der Waals surface area contributed by atoms with Crippen LogP contribution in [0.2, 0.25) is 0 Å². The summed E-state index contributed by atoms with van der Waals surface area (Å²) in [6.07, 6.45) is 64.0. The van der Waals surface area contributed by atoms with E-state index in [1.165, 1.54) is 244 Å². The quantitative estimate of drug-likeness (QED) is 0.0222. The number of unbranched alkanes of at least 4 members (excludes halogenated alkanes) is 48. The van der Waals surface area contributed by atoms with Gasteiger partial charge in [-0.3, -0.25) is 37.3 Å². The van der Waals surface area contributed by atoms with E-state index in [0.717, 1.165) is 114 Å². The summed E-state index contributed by atoms with van der Waals surface area (Å²) in [5.41, 5.74) is 0. The van der Waals surface area contributed by atoms with Gasteiger partial charge < -0.3 is 33.8 Å². The fourth-order valence-electron chi connectivity index (χ4n) is 13.3. The van der Waals surface area contributed by atoms with Crippen molar-refractivity contribution in [3.63, 3.8) is 0 Å². The van der Waals surface area contributed by atoms with E-state index in [4.69, 9.17) is 37.0 Å². The van der Waals surface area contributed by atoms with Crippen molar-refractivity contribution in [3.8, 4) is 0 Å². The van der Waals surface area contributed by atoms with Gasteiger partial charge in [0.05, 0.1) is 26.4 Å². The Kier molecular flexibility index (Phi) is 73.4. The zero-order chi connectivity index (χ0) is 77.4. The van der Waals surface area contributed by atoms with E-state index in [1.54, 1.807) is 0 Å². The van der Waals surface area contributed by atoms with E-state index in [1.807, 2.05) is 0 Å². The number of carbonyl (C=O) groups is 4. The molecule has 17 nitrogen and oxygen atoms in total. The van der Waals surface area contributed by atoms with E-state index >= 15 is 0 Å². The van der Waals surface area contributed by atoms with Gasteiger partial charge in [-0.05, 0) is 49.4 Å². The summed E-state index contributed by atoms with van der Waals surface area (Å²) in [7, 11) is -9.93. The van der Waals surface area contributed by atoms with Gasteiger partial charge in [-0.15, -0.1) is 0 Å². The monoisotopic (exact) mass is 1540 g/mol. The Labute approximate surface area is 645 Å². The molecule has 19 heteroatoms. The number of aliphatic hydroxyl groups is 1. The van der Waals surface area contributed by atoms with Gasteiger partial charge in [0.2, 0.25) is 0 Å². The average Bonchev–Trinajstić information content (AvgIpc) is 0.916. The molecule has 624 valence electrons. The molecule has 4 unspecified atom stereocenters. The highest BCUT2D eigenvalue weighted by Gasteiger charge is 2.31. The SMILES string of the molecule is CCC(C)CCCCCCCCCCCCCCCCC(=O)O[C@H](COC(=O)CCCCCCCCCCCCCCCCCCC(C)C)COP(=O)(O)OCC(O)COP(=O)(O)OC[C@@H](COC(=O)CCCCCCCCC(C)C)OC(=O)CCCCCCCCCCCCCCCCCCC(C)C. The molecule has 0 aliphatic rings. The first-order chi connectivity index (χ1) is 50.6. The maximum atomic E-state index is 13.1. The normalized spacial score (nSPS) is 14.2. The van der Waals surface area contributed by atoms with Crippen LogP contribution in [0, 0.1) is 23.7 Å². The molecule has 0 aromatic carbocycles. The Morgan fingerprint density at radius 1 is 0.267 bits per heavy atom. The number of rotatable bonds is 83. The second kappa shape index (κ2) is 74.8. The van der Waals surface area contributed by atoms with Gasteiger partial charge in [-0.25, -0.2) is 9.13 Å². The van der Waals surface area contributed by atoms with Crippen molar-refractivity contribution < 1.29 is 80.2 Å². The van der Waals surface area contributed by atoms with Gasteiger partial charge in [0, 0.05) is 25.7 Å². The summed E-state index contributed by atoms with van der Waals surface area (Å²) in [4.78, 5) is 73.2. The summed E-state index contributed by atoms with van der Waals surface area (Å²) in [5.74, 6) is 1.04. The standard InChI is InChI=1S/C86H168O17P2/c1-9-79(8)65-57-49-40-34-28-22-18-19-25-31-37-43-53-61-68-85(90)102-81(72-96-83(88)66-58-50-41-35-29-23-16-12-10-14-20-26-32-38-46-54-62-76(2)3)74-100-104(92,93)98-70-80(87)71-99-105(94,95)101-75-82(73-97-84(89)67-59-51-45-44-48-56-64-78(6)7)103-86(91)69-60-52-42-36-30-24-17-13-11-15-21-27-33-39-47-55-63-77(4)5/h76-82,87H,9-75H2,1-8H3,(H,92,93)(H,94,95)/t79?,80?,81-,82-/m1/s1. The van der Waals surface area contributed by atoms with Crippen molar-refractivity contribution in [2.45, 2.75) is 465 Å². The van der Waals surface area contributed by atoms with Crippen LogP contribution >= 0.6 is 15.6 Å². The van der Waals surface area contributed by atoms with E-state index in [0.29, 0.717) is 31.6 Å². The summed E-state index contributed by atoms with van der Waals surface area (Å²) < 4.78 is 68.9. The Balaban J connectivity index is 5.21. The minimum atomic E-state index is -4.97. The summed E-state index contributed by atoms with van der Waals surface area (Å²) in [5, 5.41) is 10.7. The van der Waals surface area contributed by atoms with Crippen molar-refractivity contribution in [2.24, 2.45) is 23.7 Å². The van der Waals surface area contributed by atoms with Crippen molar-refractivity contribution in [3.05, 3.63) is 0 Å². The zero-order valence-corrected chi connectivity index (χ0v) is 71.2. The molecule has 0 saturated heterocycles. The van der Waals surface area contributed by atoms with Crippen molar-refractivity contribution in [1.82, 2.24) is 0 Å². The maximum absolute atomic E-state index is 13.1. The number of aliphatic hydroxyl groups excluding tert-OH is 1. The molecule has 6 atom stereocenters. The molecule has 0 saturated carbocycles. The Hall–Kier alpha value is -1.94. The van der Waals surface area contributed by atoms with Gasteiger partial charge in [-0.1, -0.05) is 396 Å². The van der Waals surface area contributed by atoms with Crippen LogP contribution in [0.15, 0.2) is 0 Å². The minimum Gasteiger partial charge on any atom is -0.462 e. The van der Waals surface area contributed by atoms with Crippen molar-refractivity contribution >= 4 is 39.5 Å². The van der Waals surface area contributed by atoms with E-state index < -0.39 is 97.5 Å². The van der Waals surface area contributed by atoms with E-state index in [9.17, 15) is 43.2 Å². The average molecular weight is 1540 g/mol. The topological polar surface area (TPSA) is 237 Å². The van der Waals surface area contributed by atoms with Crippen LogP contribution in [-0.2, 0) is 65.4 Å². The number of esters is 4. The molecule has 0 bridgehead atoms. The molecule has 0 fully saturated rings. The van der Waals surface area contributed by atoms with Crippen LogP contribution in [-0.4, -0.2) is 96.7 Å². The second-order valence-electron chi connectivity index (χ2n) is 32.6. The number of hydrogen-bond acceptors (Lipinski definition) is 15. The van der Waals surface area contributed by atoms with Gasteiger partial charge in [-0.2, -0.15) is 0 Å². The van der Waals surface area contributed by atoms with Gasteiger partial charge >= 0.3 is 39.5 Å². The molecule has 0 aliphatic carbocycles. The molecule has 3 N–H and O–H groups in total. The first-order valence-corrected chi connectivity index (χ1v) is 47.2. The molecule has 0 aromatic heterocycles. The van der Waals surface area contributed by atoms with E-state index in [2.05, 4.69) is 55.4 Å². The van der Waals surface area contributed by atoms with Crippen LogP contribution in [0.25, 0.3) is 0 Å². The Morgan fingerprint density at radius 2 is 0.457 bits per heavy atom. The molecule has 0 radical (unpaired) electrons. The fraction of sp³-hybridized carbons (Fsp3) is 0.953. The lowest BCUT2D eigenvalue weighted by Gasteiger charge is -2.21. The molecule has 0 aliphatic heterocycles.